The molecule has 558 valence electrons. The smallest absolute Gasteiger partial charge is 0.329 e. The molecule has 0 bridgehead atoms. The molecule has 9 rings (SSSR count). The van der Waals surface area contributed by atoms with E-state index in [2.05, 4.69) is 16.0 Å². The van der Waals surface area contributed by atoms with Gasteiger partial charge >= 0.3 is 18.1 Å². The molecule has 0 fully saturated rings. The zero-order valence-electron chi connectivity index (χ0n) is 59.0. The number of para-hydroxylation sites is 1. The van der Waals surface area contributed by atoms with Crippen LogP contribution < -0.4 is 58.5 Å². The van der Waals surface area contributed by atoms with Crippen LogP contribution in [-0.4, -0.2) is 97.1 Å². The van der Waals surface area contributed by atoms with Gasteiger partial charge in [0, 0.05) is 59.6 Å². The van der Waals surface area contributed by atoms with E-state index in [9.17, 15) is 70.0 Å². The lowest BCUT2D eigenvalue weighted by atomic mass is 10.0. The third kappa shape index (κ3) is 23.6. The first-order chi connectivity index (χ1) is 50.0. The molecule has 0 radical (unpaired) electrons. The molecular weight excluding hydrogens is 1440 g/mol. The molecule has 6 N–H and O–H groups in total. The lowest BCUT2D eigenvalue weighted by molar-refractivity contribution is -0.385. The average Bonchev–Trinajstić information content (AvgIpc) is 0.801. The van der Waals surface area contributed by atoms with Crippen molar-refractivity contribution in [2.24, 2.45) is 0 Å². The van der Waals surface area contributed by atoms with Crippen molar-refractivity contribution in [3.8, 4) is 85.1 Å². The van der Waals surface area contributed by atoms with Crippen LogP contribution >= 0.6 is 0 Å². The minimum Gasteiger partial charge on any atom is -0.497 e. The first-order valence-corrected chi connectivity index (χ1v) is 36.6. The normalized spacial score (nSPS) is 11.3. The lowest BCUT2D eigenvalue weighted by Crippen LogP contribution is -2.48. The number of non-ortho nitro benzene ring substituents is 3. The number of nitrogens with one attached hydrogen (secondary N) is 6. The molecule has 0 saturated heterocycles. The predicted molar refractivity (Wildman–Crippen MR) is 395 cm³/mol. The standard InChI is InChI=1S/C25H27N3O7S.2C24H25N3O7S/c1-3-4-5-15-26-25(29)27-36(32,33)24-17-20(28(30)31)11-14-23(24)35-22-8-6-7-19(16-22)18-9-12-21(34-2)13-10-18;1-24(2,3)25-23(28)26-35(31,32)22-15-18(27(29)30)11-12-21(22)34-20-10-6-8-17(14-20)16-7-5-9-19(13-16)33-4;1-24(2,3)25-23(28)26-35(31,32)22-15-17(27(29)30)12-13-21(22)34-18-9-7-8-16(14-18)19-10-5-6-11-20(19)33-4/h6-14,16-17H,3-5,15H2,1-2H3,(H2,26,27,29);2*5-15H,1-4H3,(H2,25,26,28). The molecule has 9 aromatic rings. The van der Waals surface area contributed by atoms with Crippen LogP contribution in [0.5, 0.6) is 51.7 Å². The van der Waals surface area contributed by atoms with Crippen LogP contribution in [0.3, 0.4) is 0 Å². The number of nitrogens with zero attached hydrogens (tertiary/aromatic N) is 3. The second kappa shape index (κ2) is 35.7. The molecule has 0 aromatic heterocycles. The summed E-state index contributed by atoms with van der Waals surface area (Å²) in [7, 11) is -8.84. The van der Waals surface area contributed by atoms with Crippen molar-refractivity contribution in [1.82, 2.24) is 30.1 Å². The van der Waals surface area contributed by atoms with Crippen molar-refractivity contribution < 1.29 is 82.8 Å². The Morgan fingerprint density at radius 1 is 0.377 bits per heavy atom. The molecule has 33 heteroatoms. The van der Waals surface area contributed by atoms with Gasteiger partial charge in [-0.2, -0.15) is 0 Å². The van der Waals surface area contributed by atoms with E-state index in [1.54, 1.807) is 130 Å². The largest absolute Gasteiger partial charge is 0.497 e. The van der Waals surface area contributed by atoms with Crippen LogP contribution in [-0.2, 0) is 30.1 Å². The van der Waals surface area contributed by atoms with E-state index >= 15 is 0 Å². The van der Waals surface area contributed by atoms with Gasteiger partial charge in [-0.05, 0) is 161 Å². The molecule has 106 heavy (non-hydrogen) atoms. The van der Waals surface area contributed by atoms with Gasteiger partial charge in [0.25, 0.3) is 47.1 Å². The monoisotopic (exact) mass is 1510 g/mol. The van der Waals surface area contributed by atoms with Crippen LogP contribution in [0.2, 0.25) is 0 Å². The maximum atomic E-state index is 13.0. The number of unbranched alkanes of at least 4 members (excludes halogenated alkanes) is 2. The molecule has 0 aliphatic rings. The maximum absolute atomic E-state index is 13.0. The number of nitro benzene ring substituents is 3. The number of sulfonamides is 3. The van der Waals surface area contributed by atoms with E-state index in [4.69, 9.17) is 28.4 Å². The van der Waals surface area contributed by atoms with Crippen molar-refractivity contribution >= 4 is 65.2 Å². The predicted octanol–water partition coefficient (Wildman–Crippen LogP) is 14.9. The van der Waals surface area contributed by atoms with Gasteiger partial charge in [-0.3, -0.25) is 30.3 Å². The highest BCUT2D eigenvalue weighted by Crippen LogP contribution is 2.39. The van der Waals surface area contributed by atoms with E-state index in [0.717, 1.165) is 82.6 Å². The summed E-state index contributed by atoms with van der Waals surface area (Å²) in [6.07, 6.45) is 2.51. The Balaban J connectivity index is 0.000000222. The van der Waals surface area contributed by atoms with Crippen LogP contribution in [0.1, 0.15) is 67.7 Å². The van der Waals surface area contributed by atoms with E-state index in [0.29, 0.717) is 36.0 Å². The van der Waals surface area contributed by atoms with Gasteiger partial charge < -0.3 is 44.4 Å². The Hall–Kier alpha value is -12.4. The van der Waals surface area contributed by atoms with Gasteiger partial charge in [0.2, 0.25) is 0 Å². The fourth-order valence-corrected chi connectivity index (χ4v) is 12.8. The van der Waals surface area contributed by atoms with Crippen molar-refractivity contribution in [2.45, 2.75) is 93.5 Å². The van der Waals surface area contributed by atoms with Gasteiger partial charge in [-0.1, -0.05) is 98.6 Å². The van der Waals surface area contributed by atoms with E-state index in [-0.39, 0.29) is 28.7 Å². The van der Waals surface area contributed by atoms with Crippen LogP contribution in [0, 0.1) is 30.3 Å². The number of carbonyl (C=O) groups is 3. The summed E-state index contributed by atoms with van der Waals surface area (Å²) < 4.78 is 117. The van der Waals surface area contributed by atoms with Gasteiger partial charge in [-0.15, -0.1) is 0 Å². The molecule has 0 atom stereocenters. The molecule has 0 aliphatic carbocycles. The first-order valence-electron chi connectivity index (χ1n) is 32.1. The Labute approximate surface area is 612 Å². The molecule has 0 heterocycles. The number of ether oxygens (including phenoxy) is 6. The summed E-state index contributed by atoms with van der Waals surface area (Å²) in [5.41, 5.74) is 2.00. The SMILES string of the molecule is CCCCCNC(=O)NS(=O)(=O)c1cc([N+](=O)[O-])ccc1Oc1cccc(-c2ccc(OC)cc2)c1.COc1cccc(-c2cccc(Oc3ccc([N+](=O)[O-])cc3S(=O)(=O)NC(=O)NC(C)(C)C)c2)c1.COc1ccccc1-c1cccc(Oc2ccc([N+](=O)[O-])cc2S(=O)(=O)NC(=O)NC(C)(C)C)c1. The third-order valence-electron chi connectivity index (χ3n) is 14.4. The molecule has 0 unspecified atom stereocenters. The first kappa shape index (κ1) is 80.9. The Morgan fingerprint density at radius 2 is 0.736 bits per heavy atom. The second-order valence-corrected chi connectivity index (χ2v) is 29.9. The number of nitro groups is 3. The fraction of sp³-hybridized carbons (Fsp3) is 0.219. The van der Waals surface area contributed by atoms with Gasteiger partial charge in [0.15, 0.2) is 0 Å². The molecular formula is C73H77N9O21S3. The number of amides is 6. The quantitative estimate of drug-likeness (QED) is 0.0176. The highest BCUT2D eigenvalue weighted by Gasteiger charge is 2.31. The topological polar surface area (TPSA) is 411 Å². The molecule has 0 saturated carbocycles. The lowest BCUT2D eigenvalue weighted by Gasteiger charge is -2.21. The summed E-state index contributed by atoms with van der Waals surface area (Å²) in [5, 5.41) is 41.3. The summed E-state index contributed by atoms with van der Waals surface area (Å²) in [6.45, 7) is 12.4. The molecule has 30 nitrogen and oxygen atoms in total. The van der Waals surface area contributed by atoms with Gasteiger partial charge in [0.1, 0.15) is 66.4 Å². The zero-order valence-corrected chi connectivity index (χ0v) is 61.5. The van der Waals surface area contributed by atoms with Crippen molar-refractivity contribution in [3.63, 3.8) is 0 Å². The number of hydrogen-bond donors (Lipinski definition) is 6. The summed E-state index contributed by atoms with van der Waals surface area (Å²) in [6, 6.07) is 49.2. The summed E-state index contributed by atoms with van der Waals surface area (Å²) in [4.78, 5) is 66.6. The van der Waals surface area contributed by atoms with Crippen molar-refractivity contribution in [1.29, 1.82) is 0 Å². The van der Waals surface area contributed by atoms with Gasteiger partial charge in [-0.25, -0.2) is 53.8 Å². The number of benzene rings is 9. The number of methoxy groups -OCH3 is 3. The van der Waals surface area contributed by atoms with Crippen LogP contribution in [0.15, 0.2) is 215 Å². The molecule has 6 amide bonds. The van der Waals surface area contributed by atoms with E-state index in [1.807, 2.05) is 100.0 Å². The number of hydrogen-bond acceptors (Lipinski definition) is 21. The minimum atomic E-state index is -4.52. The van der Waals surface area contributed by atoms with E-state index < -0.39 is 106 Å². The molecule has 0 aliphatic heterocycles. The minimum absolute atomic E-state index is 0.168. The Morgan fingerprint density at radius 3 is 1.11 bits per heavy atom. The number of rotatable bonds is 25. The van der Waals surface area contributed by atoms with Crippen LogP contribution in [0.4, 0.5) is 31.4 Å². The van der Waals surface area contributed by atoms with Crippen molar-refractivity contribution in [2.75, 3.05) is 27.9 Å². The average molecular weight is 1510 g/mol. The molecule has 9 aromatic carbocycles. The Kier molecular flexibility index (Phi) is 27.3. The maximum Gasteiger partial charge on any atom is 0.329 e. The number of carbonyl (C=O) groups excluding carboxylic acids is 3. The fourth-order valence-electron chi connectivity index (χ4n) is 9.65. The van der Waals surface area contributed by atoms with Gasteiger partial charge in [0.05, 0.1) is 36.1 Å². The van der Waals surface area contributed by atoms with E-state index in [1.165, 1.54) is 18.2 Å². The van der Waals surface area contributed by atoms with Crippen LogP contribution in [0.25, 0.3) is 33.4 Å². The third-order valence-corrected chi connectivity index (χ3v) is 18.5. The summed E-state index contributed by atoms with van der Waals surface area (Å²) in [5.74, 6) is 2.32. The summed E-state index contributed by atoms with van der Waals surface area (Å²) >= 11 is 0. The number of urea groups is 3. The second-order valence-electron chi connectivity index (χ2n) is 24.9. The highest BCUT2D eigenvalue weighted by molar-refractivity contribution is 7.90. The van der Waals surface area contributed by atoms with Crippen molar-refractivity contribution in [3.05, 3.63) is 231 Å². The Bertz CT molecular complexity index is 5050. The zero-order chi connectivity index (χ0) is 77.7. The highest BCUT2D eigenvalue weighted by atomic mass is 32.2. The molecule has 0 spiro atoms.